The maximum absolute atomic E-state index is 5.78. The highest BCUT2D eigenvalue weighted by Gasteiger charge is 2.42. The zero-order chi connectivity index (χ0) is 12.1. The van der Waals surface area contributed by atoms with E-state index in [1.54, 1.807) is 0 Å². The molecule has 0 bridgehead atoms. The molecule has 1 heterocycles. The van der Waals surface area contributed by atoms with Gasteiger partial charge in [0, 0.05) is 12.0 Å². The van der Waals surface area contributed by atoms with Gasteiger partial charge >= 0.3 is 0 Å². The number of hydrogen-bond acceptors (Lipinski definition) is 5. The predicted molar refractivity (Wildman–Crippen MR) is 69.1 cm³/mol. The molecule has 96 valence electrons. The Labute approximate surface area is 107 Å². The molecule has 1 aromatic heterocycles. The number of hydrogen-bond donors (Lipinski definition) is 2. The number of aromatic nitrogens is 3. The molecular weight excluding hydrogens is 226 g/mol. The molecule has 0 spiro atoms. The Balaban J connectivity index is 1.55. The van der Waals surface area contributed by atoms with E-state index in [2.05, 4.69) is 20.3 Å². The second-order valence-corrected chi connectivity index (χ2v) is 5.99. The first kappa shape index (κ1) is 10.5. The molecule has 0 aromatic carbocycles. The highest BCUT2D eigenvalue weighted by Crippen LogP contribution is 2.45. The third-order valence-corrected chi connectivity index (χ3v) is 4.17. The summed E-state index contributed by atoms with van der Waals surface area (Å²) >= 11 is 0. The molecule has 0 radical (unpaired) electrons. The second-order valence-electron chi connectivity index (χ2n) is 5.99. The molecule has 0 aliphatic heterocycles. The smallest absolute Gasteiger partial charge is 0.227 e. The van der Waals surface area contributed by atoms with Gasteiger partial charge in [-0.25, -0.2) is 0 Å². The topological polar surface area (TPSA) is 76.7 Å². The number of nitrogen functional groups attached to an aromatic ring is 1. The first-order valence-corrected chi connectivity index (χ1v) is 7.07. The average Bonchev–Trinajstić information content (AvgIpc) is 3.24. The fraction of sp³-hybridized carbons (Fsp3) is 0.769. The third-order valence-electron chi connectivity index (χ3n) is 4.17. The van der Waals surface area contributed by atoms with Crippen molar-refractivity contribution in [1.29, 1.82) is 0 Å². The van der Waals surface area contributed by atoms with Crippen molar-refractivity contribution in [1.82, 2.24) is 15.0 Å². The lowest BCUT2D eigenvalue weighted by Gasteiger charge is -2.17. The van der Waals surface area contributed by atoms with Gasteiger partial charge in [-0.15, -0.1) is 0 Å². The van der Waals surface area contributed by atoms with Crippen molar-refractivity contribution in [2.24, 2.45) is 11.8 Å². The lowest BCUT2D eigenvalue weighted by Crippen LogP contribution is -2.26. The van der Waals surface area contributed by atoms with Crippen molar-refractivity contribution >= 4 is 11.9 Å². The fourth-order valence-corrected chi connectivity index (χ4v) is 2.68. The summed E-state index contributed by atoms with van der Waals surface area (Å²) in [6.45, 7) is 0. The third kappa shape index (κ3) is 2.13. The Hall–Kier alpha value is -1.39. The molecule has 3 N–H and O–H groups in total. The molecule has 3 fully saturated rings. The van der Waals surface area contributed by atoms with Crippen LogP contribution in [0.1, 0.15) is 50.3 Å². The summed E-state index contributed by atoms with van der Waals surface area (Å²) in [5.41, 5.74) is 5.78. The average molecular weight is 245 g/mol. The predicted octanol–water partition coefficient (Wildman–Crippen LogP) is 1.93. The largest absolute Gasteiger partial charge is 0.368 e. The molecule has 3 aliphatic rings. The van der Waals surface area contributed by atoms with Gasteiger partial charge in [-0.3, -0.25) is 0 Å². The van der Waals surface area contributed by atoms with E-state index in [-0.39, 0.29) is 0 Å². The van der Waals surface area contributed by atoms with E-state index >= 15 is 0 Å². The molecule has 5 nitrogen and oxygen atoms in total. The van der Waals surface area contributed by atoms with Gasteiger partial charge in [0.15, 0.2) is 0 Å². The van der Waals surface area contributed by atoms with E-state index < -0.39 is 0 Å². The molecule has 5 heteroatoms. The van der Waals surface area contributed by atoms with E-state index in [0.717, 1.165) is 17.7 Å². The van der Waals surface area contributed by atoms with Gasteiger partial charge in [0.05, 0.1) is 0 Å². The summed E-state index contributed by atoms with van der Waals surface area (Å²) in [5.74, 6) is 4.14. The van der Waals surface area contributed by atoms with Crippen LogP contribution < -0.4 is 11.1 Å². The van der Waals surface area contributed by atoms with Crippen LogP contribution in [0.4, 0.5) is 11.9 Å². The maximum atomic E-state index is 5.78. The summed E-state index contributed by atoms with van der Waals surface area (Å²) in [4.78, 5) is 13.0. The van der Waals surface area contributed by atoms with Crippen molar-refractivity contribution in [3.8, 4) is 0 Å². The van der Waals surface area contributed by atoms with Crippen molar-refractivity contribution in [2.45, 2.75) is 50.5 Å². The Morgan fingerprint density at radius 3 is 2.17 bits per heavy atom. The number of nitrogens with zero attached hydrogens (tertiary/aromatic N) is 3. The van der Waals surface area contributed by atoms with Crippen LogP contribution in [-0.4, -0.2) is 21.0 Å². The summed E-state index contributed by atoms with van der Waals surface area (Å²) < 4.78 is 0. The highest BCUT2D eigenvalue weighted by atomic mass is 15.2. The van der Waals surface area contributed by atoms with E-state index in [9.17, 15) is 0 Å². The summed E-state index contributed by atoms with van der Waals surface area (Å²) in [5, 5.41) is 3.52. The first-order chi connectivity index (χ1) is 8.79. The lowest BCUT2D eigenvalue weighted by molar-refractivity contribution is 0.562. The van der Waals surface area contributed by atoms with Crippen molar-refractivity contribution in [2.75, 3.05) is 11.1 Å². The maximum Gasteiger partial charge on any atom is 0.227 e. The molecule has 3 aliphatic carbocycles. The van der Waals surface area contributed by atoms with Gasteiger partial charge < -0.3 is 11.1 Å². The number of nitrogens with two attached hydrogens (primary N) is 1. The van der Waals surface area contributed by atoms with Crippen LogP contribution in [0, 0.1) is 11.8 Å². The summed E-state index contributed by atoms with van der Waals surface area (Å²) in [6, 6.07) is 0.568. The van der Waals surface area contributed by atoms with Crippen molar-refractivity contribution in [3.05, 3.63) is 5.82 Å². The molecule has 4 rings (SSSR count). The Kier molecular flexibility index (Phi) is 2.22. The van der Waals surface area contributed by atoms with Crippen LogP contribution in [0.15, 0.2) is 0 Å². The van der Waals surface area contributed by atoms with Crippen LogP contribution in [0.5, 0.6) is 0 Å². The molecule has 0 amide bonds. The molecule has 3 saturated carbocycles. The minimum absolute atomic E-state index is 0.361. The van der Waals surface area contributed by atoms with E-state index in [0.29, 0.717) is 23.9 Å². The van der Waals surface area contributed by atoms with E-state index in [1.165, 1.54) is 38.5 Å². The highest BCUT2D eigenvalue weighted by molar-refractivity contribution is 5.34. The monoisotopic (exact) mass is 245 g/mol. The lowest BCUT2D eigenvalue weighted by atomic mass is 10.1. The molecule has 0 saturated heterocycles. The molecule has 18 heavy (non-hydrogen) atoms. The number of anilines is 2. The SMILES string of the molecule is Nc1nc(NC(C2CC2)C2CC2)nc(C2CC2)n1. The van der Waals surface area contributed by atoms with Crippen LogP contribution in [0.25, 0.3) is 0 Å². The Morgan fingerprint density at radius 1 is 0.944 bits per heavy atom. The standard InChI is InChI=1S/C13H19N5/c14-12-16-11(9-5-6-9)17-13(18-12)15-10(7-1-2-7)8-3-4-8/h7-10H,1-6H2,(H3,14,15,16,17,18). The quantitative estimate of drug-likeness (QED) is 0.829. The molecular formula is C13H19N5. The van der Waals surface area contributed by atoms with Gasteiger partial charge in [0.25, 0.3) is 0 Å². The van der Waals surface area contributed by atoms with Gasteiger partial charge in [-0.05, 0) is 50.4 Å². The van der Waals surface area contributed by atoms with Crippen molar-refractivity contribution in [3.63, 3.8) is 0 Å². The van der Waals surface area contributed by atoms with Crippen LogP contribution in [0.3, 0.4) is 0 Å². The second kappa shape index (κ2) is 3.80. The van der Waals surface area contributed by atoms with Crippen LogP contribution in [-0.2, 0) is 0 Å². The number of rotatable bonds is 5. The first-order valence-electron chi connectivity index (χ1n) is 7.07. The van der Waals surface area contributed by atoms with E-state index in [4.69, 9.17) is 5.73 Å². The summed E-state index contributed by atoms with van der Waals surface area (Å²) in [7, 11) is 0. The van der Waals surface area contributed by atoms with Crippen LogP contribution >= 0.6 is 0 Å². The van der Waals surface area contributed by atoms with Gasteiger partial charge in [-0.2, -0.15) is 15.0 Å². The minimum atomic E-state index is 0.361. The Bertz CT molecular complexity index is 450. The van der Waals surface area contributed by atoms with Crippen molar-refractivity contribution < 1.29 is 0 Å². The van der Waals surface area contributed by atoms with E-state index in [1.807, 2.05) is 0 Å². The molecule has 1 aromatic rings. The minimum Gasteiger partial charge on any atom is -0.368 e. The Morgan fingerprint density at radius 2 is 1.61 bits per heavy atom. The zero-order valence-electron chi connectivity index (χ0n) is 10.5. The van der Waals surface area contributed by atoms with Crippen LogP contribution in [0.2, 0.25) is 0 Å². The fourth-order valence-electron chi connectivity index (χ4n) is 2.68. The number of nitrogens with one attached hydrogen (secondary N) is 1. The van der Waals surface area contributed by atoms with Gasteiger partial charge in [0.1, 0.15) is 5.82 Å². The zero-order valence-corrected chi connectivity index (χ0v) is 10.5. The molecule has 0 atom stereocenters. The summed E-state index contributed by atoms with van der Waals surface area (Å²) in [6.07, 6.45) is 7.79. The van der Waals surface area contributed by atoms with Gasteiger partial charge in [0.2, 0.25) is 11.9 Å². The normalized spacial score (nSPS) is 23.4. The van der Waals surface area contributed by atoms with Gasteiger partial charge in [-0.1, -0.05) is 0 Å². The molecule has 0 unspecified atom stereocenters.